The van der Waals surface area contributed by atoms with Gasteiger partial charge in [-0.1, -0.05) is 0 Å². The van der Waals surface area contributed by atoms with Gasteiger partial charge in [-0.2, -0.15) is 0 Å². The van der Waals surface area contributed by atoms with Gasteiger partial charge in [0.1, 0.15) is 6.04 Å². The van der Waals surface area contributed by atoms with E-state index in [1.54, 1.807) is 4.90 Å². The Morgan fingerprint density at radius 2 is 2.00 bits per heavy atom. The van der Waals surface area contributed by atoms with Gasteiger partial charge in [-0.15, -0.1) is 0 Å². The molecule has 1 spiro atoms. The largest absolute Gasteiger partial charge is 0.480 e. The summed E-state index contributed by atoms with van der Waals surface area (Å²) < 4.78 is 0. The van der Waals surface area contributed by atoms with Crippen LogP contribution in [0.2, 0.25) is 0 Å². The molecule has 0 radical (unpaired) electrons. The van der Waals surface area contributed by atoms with Crippen LogP contribution in [0.25, 0.3) is 0 Å². The third-order valence-electron chi connectivity index (χ3n) is 5.33. The highest BCUT2D eigenvalue weighted by Gasteiger charge is 2.44. The molecule has 2 amide bonds. The Hall–Kier alpha value is -1.63. The van der Waals surface area contributed by atoms with Gasteiger partial charge in [0.05, 0.1) is 6.54 Å². The van der Waals surface area contributed by atoms with E-state index in [1.165, 1.54) is 0 Å². The molecular weight excluding hydrogens is 286 g/mol. The van der Waals surface area contributed by atoms with Crippen LogP contribution in [0, 0.1) is 5.41 Å². The van der Waals surface area contributed by atoms with Gasteiger partial charge in [-0.3, -0.25) is 14.4 Å². The number of carboxylic acids is 1. The number of nitrogens with one attached hydrogen (secondary N) is 1. The maximum Gasteiger partial charge on any atom is 0.320 e. The first-order valence-electron chi connectivity index (χ1n) is 8.01. The fourth-order valence-electron chi connectivity index (χ4n) is 3.84. The number of carbonyl (C=O) groups excluding carboxylic acids is 2. The van der Waals surface area contributed by atoms with E-state index in [-0.39, 0.29) is 23.8 Å². The Bertz CT molecular complexity index is 485. The second-order valence-electron chi connectivity index (χ2n) is 6.78. The first-order valence-corrected chi connectivity index (χ1v) is 8.01. The number of carbonyl (C=O) groups is 3. The summed E-state index contributed by atoms with van der Waals surface area (Å²) in [4.78, 5) is 38.4. The highest BCUT2D eigenvalue weighted by Crippen LogP contribution is 2.39. The molecule has 7 heteroatoms. The van der Waals surface area contributed by atoms with Crippen molar-refractivity contribution in [3.63, 3.8) is 0 Å². The highest BCUT2D eigenvalue weighted by molar-refractivity contribution is 5.86. The minimum Gasteiger partial charge on any atom is -0.480 e. The van der Waals surface area contributed by atoms with E-state index in [0.717, 1.165) is 25.8 Å². The van der Waals surface area contributed by atoms with Crippen molar-refractivity contribution in [1.82, 2.24) is 15.1 Å². The Morgan fingerprint density at radius 3 is 2.55 bits per heavy atom. The minimum absolute atomic E-state index is 0.0172. The zero-order chi connectivity index (χ0) is 15.7. The summed E-state index contributed by atoms with van der Waals surface area (Å²) in [7, 11) is 0. The van der Waals surface area contributed by atoms with E-state index in [4.69, 9.17) is 5.11 Å². The summed E-state index contributed by atoms with van der Waals surface area (Å²) in [5, 5.41) is 12.2. The molecule has 0 aromatic carbocycles. The van der Waals surface area contributed by atoms with Crippen LogP contribution in [0.3, 0.4) is 0 Å². The fourth-order valence-corrected chi connectivity index (χ4v) is 3.84. The molecule has 3 saturated heterocycles. The van der Waals surface area contributed by atoms with E-state index >= 15 is 0 Å². The maximum absolute atomic E-state index is 12.3. The van der Waals surface area contributed by atoms with Crippen LogP contribution in [0.15, 0.2) is 0 Å². The Kier molecular flexibility index (Phi) is 4.08. The van der Waals surface area contributed by atoms with Gasteiger partial charge in [0, 0.05) is 32.6 Å². The lowest BCUT2D eigenvalue weighted by atomic mass is 9.76. The smallest absolute Gasteiger partial charge is 0.320 e. The second kappa shape index (κ2) is 5.87. The standard InChI is InChI=1S/C15H23N3O4/c19-12-2-1-5-18(12)9-13(20)17-6-3-15(4-7-17)8-11(14(21)22)16-10-15/h11,16H,1-10H2,(H,21,22)/t11-/m0/s1. The molecule has 0 aromatic heterocycles. The predicted molar refractivity (Wildman–Crippen MR) is 78.1 cm³/mol. The van der Waals surface area contributed by atoms with Gasteiger partial charge in [-0.25, -0.2) is 0 Å². The molecule has 0 saturated carbocycles. The van der Waals surface area contributed by atoms with Gasteiger partial charge in [0.25, 0.3) is 0 Å². The average Bonchev–Trinajstić information content (AvgIpc) is 3.08. The molecule has 1 atom stereocenters. The van der Waals surface area contributed by atoms with E-state index in [9.17, 15) is 14.4 Å². The first kappa shape index (κ1) is 15.3. The molecule has 3 fully saturated rings. The number of piperidine rings is 1. The first-order chi connectivity index (χ1) is 10.5. The van der Waals surface area contributed by atoms with Crippen LogP contribution >= 0.6 is 0 Å². The summed E-state index contributed by atoms with van der Waals surface area (Å²) in [6, 6.07) is -0.454. The average molecular weight is 309 g/mol. The molecule has 3 aliphatic heterocycles. The normalized spacial score (nSPS) is 27.6. The van der Waals surface area contributed by atoms with E-state index in [0.29, 0.717) is 32.5 Å². The fraction of sp³-hybridized carbons (Fsp3) is 0.800. The third-order valence-corrected chi connectivity index (χ3v) is 5.33. The van der Waals surface area contributed by atoms with Gasteiger partial charge in [-0.05, 0) is 31.1 Å². The van der Waals surface area contributed by atoms with Crippen molar-refractivity contribution < 1.29 is 19.5 Å². The van der Waals surface area contributed by atoms with Crippen LogP contribution in [0.4, 0.5) is 0 Å². The molecule has 3 aliphatic rings. The van der Waals surface area contributed by atoms with E-state index in [2.05, 4.69) is 5.32 Å². The minimum atomic E-state index is -0.789. The van der Waals surface area contributed by atoms with Crippen LogP contribution in [0.5, 0.6) is 0 Å². The number of aliphatic carboxylic acids is 1. The van der Waals surface area contributed by atoms with Crippen molar-refractivity contribution in [3.05, 3.63) is 0 Å². The van der Waals surface area contributed by atoms with Crippen molar-refractivity contribution in [2.75, 3.05) is 32.7 Å². The van der Waals surface area contributed by atoms with Gasteiger partial charge < -0.3 is 20.2 Å². The highest BCUT2D eigenvalue weighted by atomic mass is 16.4. The lowest BCUT2D eigenvalue weighted by Gasteiger charge is -2.39. The van der Waals surface area contributed by atoms with E-state index in [1.807, 2.05) is 4.90 Å². The van der Waals surface area contributed by atoms with Gasteiger partial charge >= 0.3 is 5.97 Å². The molecule has 0 bridgehead atoms. The number of hydrogen-bond acceptors (Lipinski definition) is 4. The van der Waals surface area contributed by atoms with Crippen molar-refractivity contribution in [2.45, 2.75) is 38.1 Å². The lowest BCUT2D eigenvalue weighted by Crippen LogP contribution is -2.47. The van der Waals surface area contributed by atoms with Crippen LogP contribution in [-0.4, -0.2) is 71.5 Å². The second-order valence-corrected chi connectivity index (χ2v) is 6.78. The molecule has 0 aliphatic carbocycles. The summed E-state index contributed by atoms with van der Waals surface area (Å²) in [5.74, 6) is -0.695. The monoisotopic (exact) mass is 309 g/mol. The number of nitrogens with zero attached hydrogens (tertiary/aromatic N) is 2. The quantitative estimate of drug-likeness (QED) is 0.745. The molecular formula is C15H23N3O4. The number of rotatable bonds is 3. The van der Waals surface area contributed by atoms with Crippen LogP contribution in [0.1, 0.15) is 32.1 Å². The maximum atomic E-state index is 12.3. The van der Waals surface area contributed by atoms with Gasteiger partial charge in [0.15, 0.2) is 0 Å². The molecule has 3 heterocycles. The number of amides is 2. The Morgan fingerprint density at radius 1 is 1.27 bits per heavy atom. The summed E-state index contributed by atoms with van der Waals surface area (Å²) in [6.45, 7) is 2.93. The van der Waals surface area contributed by atoms with Crippen molar-refractivity contribution >= 4 is 17.8 Å². The molecule has 2 N–H and O–H groups in total. The lowest BCUT2D eigenvalue weighted by molar-refractivity contribution is -0.140. The molecule has 0 unspecified atom stereocenters. The van der Waals surface area contributed by atoms with Crippen molar-refractivity contribution in [3.8, 4) is 0 Å². The molecule has 3 rings (SSSR count). The third kappa shape index (κ3) is 2.95. The van der Waals surface area contributed by atoms with Crippen molar-refractivity contribution in [2.24, 2.45) is 5.41 Å². The summed E-state index contributed by atoms with van der Waals surface area (Å²) in [5.41, 5.74) is 0.0172. The summed E-state index contributed by atoms with van der Waals surface area (Å²) >= 11 is 0. The number of carboxylic acid groups (broad SMARTS) is 1. The SMILES string of the molecule is O=C(O)[C@@H]1CC2(CCN(C(=O)CN3CCCC3=O)CC2)CN1. The van der Waals surface area contributed by atoms with Crippen molar-refractivity contribution in [1.29, 1.82) is 0 Å². The topological polar surface area (TPSA) is 90.0 Å². The molecule has 22 heavy (non-hydrogen) atoms. The molecule has 122 valence electrons. The molecule has 0 aromatic rings. The predicted octanol–water partition coefficient (Wildman–Crippen LogP) is -0.336. The Labute approximate surface area is 129 Å². The number of likely N-dealkylation sites (tertiary alicyclic amines) is 2. The zero-order valence-corrected chi connectivity index (χ0v) is 12.7. The summed E-state index contributed by atoms with van der Waals surface area (Å²) in [6.07, 6.45) is 3.72. The number of hydrogen-bond donors (Lipinski definition) is 2. The van der Waals surface area contributed by atoms with E-state index < -0.39 is 12.0 Å². The van der Waals surface area contributed by atoms with Crippen LogP contribution < -0.4 is 5.32 Å². The van der Waals surface area contributed by atoms with Crippen LogP contribution in [-0.2, 0) is 14.4 Å². The Balaban J connectivity index is 1.50. The molecule has 7 nitrogen and oxygen atoms in total. The van der Waals surface area contributed by atoms with Gasteiger partial charge in [0.2, 0.25) is 11.8 Å². The zero-order valence-electron chi connectivity index (χ0n) is 12.7.